The monoisotopic (exact) mass is 370 g/mol. The molecule has 0 amide bonds. The maximum Gasteiger partial charge on any atom is 0.119 e. The van der Waals surface area contributed by atoms with Crippen molar-refractivity contribution in [1.29, 1.82) is 0 Å². The van der Waals surface area contributed by atoms with E-state index in [1.54, 1.807) is 0 Å². The molecule has 0 saturated carbocycles. The average molecular weight is 371 g/mol. The molecular formula is C24H34O3. The van der Waals surface area contributed by atoms with Crippen molar-refractivity contribution >= 4 is 0 Å². The average Bonchev–Trinajstić information content (AvgIpc) is 2.67. The largest absolute Gasteiger partial charge is 0.494 e. The highest BCUT2D eigenvalue weighted by Gasteiger charge is 2.07. The summed E-state index contributed by atoms with van der Waals surface area (Å²) in [5.41, 5.74) is 3.67. The van der Waals surface area contributed by atoms with Gasteiger partial charge in [0.25, 0.3) is 0 Å². The van der Waals surface area contributed by atoms with E-state index in [9.17, 15) is 10.2 Å². The first-order chi connectivity index (χ1) is 13.0. The number of aliphatic hydroxyl groups excluding tert-OH is 2. The Morgan fingerprint density at radius 3 is 2.22 bits per heavy atom. The quantitative estimate of drug-likeness (QED) is 0.544. The van der Waals surface area contributed by atoms with E-state index in [1.165, 1.54) is 19.3 Å². The van der Waals surface area contributed by atoms with Gasteiger partial charge in [-0.25, -0.2) is 0 Å². The zero-order valence-electron chi connectivity index (χ0n) is 16.9. The van der Waals surface area contributed by atoms with E-state index in [1.807, 2.05) is 42.5 Å². The summed E-state index contributed by atoms with van der Waals surface area (Å²) in [7, 11) is 0. The van der Waals surface area contributed by atoms with E-state index >= 15 is 0 Å². The zero-order chi connectivity index (χ0) is 19.6. The maximum atomic E-state index is 9.57. The van der Waals surface area contributed by atoms with E-state index < -0.39 is 0 Å². The Morgan fingerprint density at radius 1 is 0.852 bits per heavy atom. The fourth-order valence-corrected chi connectivity index (χ4v) is 3.26. The first-order valence-corrected chi connectivity index (χ1v) is 10.1. The van der Waals surface area contributed by atoms with E-state index in [-0.39, 0.29) is 13.2 Å². The summed E-state index contributed by atoms with van der Waals surface area (Å²) in [6.45, 7) is 7.58. The van der Waals surface area contributed by atoms with Gasteiger partial charge in [-0.05, 0) is 58.7 Å². The first-order valence-electron chi connectivity index (χ1n) is 10.1. The minimum atomic E-state index is -0.0199. The molecule has 0 aliphatic heterocycles. The van der Waals surface area contributed by atoms with Crippen LogP contribution in [0, 0.1) is 11.8 Å². The third kappa shape index (κ3) is 7.00. The summed E-state index contributed by atoms with van der Waals surface area (Å²) in [6.07, 6.45) is 4.95. The van der Waals surface area contributed by atoms with E-state index in [0.29, 0.717) is 5.92 Å². The Balaban J connectivity index is 1.88. The van der Waals surface area contributed by atoms with Crippen molar-refractivity contribution in [2.45, 2.75) is 59.7 Å². The SMILES string of the molecule is CC(C)CCCC(C)CCOc1ccc(-c2cc(CO)ccc2CO)cc1. The molecule has 0 heterocycles. The summed E-state index contributed by atoms with van der Waals surface area (Å²) in [5, 5.41) is 18.9. The van der Waals surface area contributed by atoms with E-state index in [4.69, 9.17) is 4.74 Å². The number of hydrogen-bond acceptors (Lipinski definition) is 3. The van der Waals surface area contributed by atoms with Crippen LogP contribution in [0.1, 0.15) is 57.6 Å². The van der Waals surface area contributed by atoms with Crippen LogP contribution in [0.3, 0.4) is 0 Å². The Labute approximate surface area is 164 Å². The Kier molecular flexibility index (Phi) is 8.83. The van der Waals surface area contributed by atoms with Crippen molar-refractivity contribution in [1.82, 2.24) is 0 Å². The summed E-state index contributed by atoms with van der Waals surface area (Å²) in [4.78, 5) is 0. The number of aliphatic hydroxyl groups is 2. The molecule has 2 N–H and O–H groups in total. The Morgan fingerprint density at radius 2 is 1.59 bits per heavy atom. The fourth-order valence-electron chi connectivity index (χ4n) is 3.26. The van der Waals surface area contributed by atoms with Crippen LogP contribution in [0.25, 0.3) is 11.1 Å². The van der Waals surface area contributed by atoms with Gasteiger partial charge in [0.15, 0.2) is 0 Å². The number of rotatable bonds is 11. The highest BCUT2D eigenvalue weighted by atomic mass is 16.5. The van der Waals surface area contributed by atoms with Crippen LogP contribution in [0.5, 0.6) is 5.75 Å². The lowest BCUT2D eigenvalue weighted by atomic mass is 9.97. The summed E-state index contributed by atoms with van der Waals surface area (Å²) in [5.74, 6) is 2.35. The zero-order valence-corrected chi connectivity index (χ0v) is 16.9. The molecule has 3 nitrogen and oxygen atoms in total. The Hall–Kier alpha value is -1.84. The lowest BCUT2D eigenvalue weighted by molar-refractivity contribution is 0.275. The molecule has 1 unspecified atom stereocenters. The van der Waals surface area contributed by atoms with Gasteiger partial charge in [0.2, 0.25) is 0 Å². The predicted octanol–water partition coefficient (Wildman–Crippen LogP) is 5.57. The molecule has 2 aromatic carbocycles. The first kappa shape index (κ1) is 21.5. The van der Waals surface area contributed by atoms with Crippen molar-refractivity contribution in [3.05, 3.63) is 53.6 Å². The van der Waals surface area contributed by atoms with Gasteiger partial charge in [0.05, 0.1) is 19.8 Å². The van der Waals surface area contributed by atoms with Gasteiger partial charge in [-0.3, -0.25) is 0 Å². The molecule has 0 radical (unpaired) electrons. The third-order valence-corrected chi connectivity index (χ3v) is 5.05. The second-order valence-electron chi connectivity index (χ2n) is 7.90. The minimum Gasteiger partial charge on any atom is -0.494 e. The van der Waals surface area contributed by atoms with Crippen LogP contribution in [0.4, 0.5) is 0 Å². The highest BCUT2D eigenvalue weighted by molar-refractivity contribution is 5.68. The van der Waals surface area contributed by atoms with Crippen LogP contribution in [0.15, 0.2) is 42.5 Å². The minimum absolute atomic E-state index is 0.00471. The molecule has 0 fully saturated rings. The van der Waals surface area contributed by atoms with Crippen molar-refractivity contribution < 1.29 is 14.9 Å². The Bertz CT molecular complexity index is 677. The van der Waals surface area contributed by atoms with Crippen LogP contribution >= 0.6 is 0 Å². The topological polar surface area (TPSA) is 49.7 Å². The summed E-state index contributed by atoms with van der Waals surface area (Å²) >= 11 is 0. The molecular weight excluding hydrogens is 336 g/mol. The van der Waals surface area contributed by atoms with Crippen LogP contribution in [0.2, 0.25) is 0 Å². The highest BCUT2D eigenvalue weighted by Crippen LogP contribution is 2.27. The lowest BCUT2D eigenvalue weighted by Crippen LogP contribution is -2.04. The van der Waals surface area contributed by atoms with Gasteiger partial charge in [-0.1, -0.05) is 64.3 Å². The molecule has 27 heavy (non-hydrogen) atoms. The van der Waals surface area contributed by atoms with Crippen LogP contribution < -0.4 is 4.74 Å². The van der Waals surface area contributed by atoms with Gasteiger partial charge in [-0.15, -0.1) is 0 Å². The maximum absolute atomic E-state index is 9.57. The lowest BCUT2D eigenvalue weighted by Gasteiger charge is -2.14. The molecule has 0 aliphatic rings. The predicted molar refractivity (Wildman–Crippen MR) is 112 cm³/mol. The fraction of sp³-hybridized carbons (Fsp3) is 0.500. The number of benzene rings is 2. The molecule has 148 valence electrons. The molecule has 0 spiro atoms. The number of ether oxygens (including phenoxy) is 1. The van der Waals surface area contributed by atoms with Gasteiger partial charge in [0, 0.05) is 0 Å². The van der Waals surface area contributed by atoms with Crippen LogP contribution in [-0.4, -0.2) is 16.8 Å². The second kappa shape index (κ2) is 11.1. The molecule has 0 aliphatic carbocycles. The molecule has 1 atom stereocenters. The molecule has 0 bridgehead atoms. The molecule has 3 heteroatoms. The summed E-state index contributed by atoms with van der Waals surface area (Å²) < 4.78 is 5.91. The molecule has 2 rings (SSSR count). The van der Waals surface area contributed by atoms with Gasteiger partial charge in [-0.2, -0.15) is 0 Å². The van der Waals surface area contributed by atoms with E-state index in [2.05, 4.69) is 20.8 Å². The van der Waals surface area contributed by atoms with Gasteiger partial charge in [0.1, 0.15) is 5.75 Å². The van der Waals surface area contributed by atoms with Crippen LogP contribution in [-0.2, 0) is 13.2 Å². The number of hydrogen-bond donors (Lipinski definition) is 2. The smallest absolute Gasteiger partial charge is 0.119 e. The molecule has 0 saturated heterocycles. The van der Waals surface area contributed by atoms with Crippen molar-refractivity contribution in [2.24, 2.45) is 11.8 Å². The van der Waals surface area contributed by atoms with E-state index in [0.717, 1.165) is 46.9 Å². The van der Waals surface area contributed by atoms with Crippen molar-refractivity contribution in [3.63, 3.8) is 0 Å². The van der Waals surface area contributed by atoms with Crippen molar-refractivity contribution in [2.75, 3.05) is 6.61 Å². The summed E-state index contributed by atoms with van der Waals surface area (Å²) in [6, 6.07) is 13.6. The molecule has 0 aromatic heterocycles. The third-order valence-electron chi connectivity index (χ3n) is 5.05. The normalized spacial score (nSPS) is 12.4. The van der Waals surface area contributed by atoms with Gasteiger partial charge >= 0.3 is 0 Å². The standard InChI is InChI=1S/C24H34O3/c1-18(2)5-4-6-19(3)13-14-27-23-11-9-21(10-12-23)24-15-20(16-25)7-8-22(24)17-26/h7-12,15,18-19,25-26H,4-6,13-14,16-17H2,1-3H3. The van der Waals surface area contributed by atoms with Crippen molar-refractivity contribution in [3.8, 4) is 16.9 Å². The second-order valence-corrected chi connectivity index (χ2v) is 7.90. The molecule has 2 aromatic rings. The van der Waals surface area contributed by atoms with Gasteiger partial charge < -0.3 is 14.9 Å².